The molecule has 9 heteroatoms. The summed E-state index contributed by atoms with van der Waals surface area (Å²) in [5.41, 5.74) is 0.213. The van der Waals surface area contributed by atoms with Crippen LogP contribution in [0, 0.1) is 0 Å². The molecule has 0 aliphatic rings. The summed E-state index contributed by atoms with van der Waals surface area (Å²) >= 11 is 0.997. The fourth-order valence-electron chi connectivity index (χ4n) is 2.52. The van der Waals surface area contributed by atoms with Crippen LogP contribution in [0.1, 0.15) is 20.3 Å². The largest absolute Gasteiger partial charge is 0.573 e. The monoisotopic (exact) mass is 424 g/mol. The molecule has 0 saturated heterocycles. The fourth-order valence-corrected chi connectivity index (χ4v) is 3.73. The smallest absolute Gasteiger partial charge is 0.423 e. The zero-order valence-electron chi connectivity index (χ0n) is 15.4. The highest BCUT2D eigenvalue weighted by atomic mass is 32.1. The van der Waals surface area contributed by atoms with Crippen molar-refractivity contribution in [2.24, 2.45) is 0 Å². The lowest BCUT2D eigenvalue weighted by molar-refractivity contribution is -0.274. The molecule has 1 heterocycles. The van der Waals surface area contributed by atoms with Crippen molar-refractivity contribution in [2.45, 2.75) is 26.6 Å². The molecule has 0 amide bonds. The normalized spacial score (nSPS) is 11.5. The van der Waals surface area contributed by atoms with Crippen molar-refractivity contribution >= 4 is 43.4 Å². The number of halogens is 3. The summed E-state index contributed by atoms with van der Waals surface area (Å²) in [7, 11) is 0. The average Bonchev–Trinajstić information content (AvgIpc) is 3.00. The van der Waals surface area contributed by atoms with Crippen molar-refractivity contribution in [1.29, 1.82) is 0 Å². The Labute approximate surface area is 167 Å². The van der Waals surface area contributed by atoms with E-state index in [1.807, 2.05) is 0 Å². The van der Waals surface area contributed by atoms with E-state index in [9.17, 15) is 22.8 Å². The highest BCUT2D eigenvalue weighted by molar-refractivity contribution is 7.26. The third-order valence-electron chi connectivity index (χ3n) is 3.82. The molecule has 0 aliphatic heterocycles. The predicted octanol–water partition coefficient (Wildman–Crippen LogP) is 5.75. The van der Waals surface area contributed by atoms with Gasteiger partial charge in [0.1, 0.15) is 5.75 Å². The van der Waals surface area contributed by atoms with Crippen LogP contribution < -0.4 is 14.2 Å². The quantitative estimate of drug-likeness (QED) is 0.297. The van der Waals surface area contributed by atoms with Crippen LogP contribution in [0.25, 0.3) is 20.2 Å². The topological polar surface area (TPSA) is 61.8 Å². The van der Waals surface area contributed by atoms with Gasteiger partial charge < -0.3 is 14.2 Å². The molecular formula is C20H15F3O5S. The number of rotatable bonds is 5. The fraction of sp³-hybridized carbons (Fsp3) is 0.200. The molecule has 29 heavy (non-hydrogen) atoms. The maximum absolute atomic E-state index is 13.0. The van der Waals surface area contributed by atoms with Gasteiger partial charge in [0.15, 0.2) is 11.5 Å². The van der Waals surface area contributed by atoms with E-state index in [0.717, 1.165) is 11.3 Å². The highest BCUT2D eigenvalue weighted by Crippen LogP contribution is 2.46. The second-order valence-electron chi connectivity index (χ2n) is 6.07. The van der Waals surface area contributed by atoms with E-state index >= 15 is 0 Å². The number of esters is 2. The van der Waals surface area contributed by atoms with Crippen LogP contribution in [-0.2, 0) is 9.59 Å². The third-order valence-corrected chi connectivity index (χ3v) is 4.99. The lowest BCUT2D eigenvalue weighted by atomic mass is 10.1. The number of alkyl halides is 3. The van der Waals surface area contributed by atoms with Gasteiger partial charge in [-0.3, -0.25) is 4.79 Å². The van der Waals surface area contributed by atoms with E-state index in [1.165, 1.54) is 32.0 Å². The minimum atomic E-state index is -4.97. The molecule has 152 valence electrons. The highest BCUT2D eigenvalue weighted by Gasteiger charge is 2.34. The van der Waals surface area contributed by atoms with Gasteiger partial charge in [0, 0.05) is 27.5 Å². The number of ether oxygens (including phenoxy) is 3. The van der Waals surface area contributed by atoms with Gasteiger partial charge in [-0.15, -0.1) is 24.5 Å². The summed E-state index contributed by atoms with van der Waals surface area (Å²) in [6, 6.07) is 7.51. The Morgan fingerprint density at radius 1 is 1.10 bits per heavy atom. The molecular weight excluding hydrogens is 409 g/mol. The first kappa shape index (κ1) is 20.7. The third kappa shape index (κ3) is 4.51. The van der Waals surface area contributed by atoms with Gasteiger partial charge in [0.05, 0.1) is 4.70 Å². The number of hydrogen-bond donors (Lipinski definition) is 0. The van der Waals surface area contributed by atoms with Crippen LogP contribution in [0.3, 0.4) is 0 Å². The van der Waals surface area contributed by atoms with E-state index in [0.29, 0.717) is 15.5 Å². The molecule has 0 atom stereocenters. The summed E-state index contributed by atoms with van der Waals surface area (Å²) in [5.74, 6) is -1.97. The van der Waals surface area contributed by atoms with Crippen molar-refractivity contribution < 1.29 is 37.0 Å². The molecule has 5 nitrogen and oxygen atoms in total. The van der Waals surface area contributed by atoms with E-state index in [4.69, 9.17) is 9.47 Å². The Kier molecular flexibility index (Phi) is 5.52. The number of carbonyl (C=O) groups is 2. The molecule has 0 aliphatic carbocycles. The van der Waals surface area contributed by atoms with E-state index < -0.39 is 24.1 Å². The molecule has 0 N–H and O–H groups in total. The van der Waals surface area contributed by atoms with Gasteiger partial charge in [0.2, 0.25) is 0 Å². The Hall–Kier alpha value is -3.07. The Morgan fingerprint density at radius 3 is 2.41 bits per heavy atom. The SMILES string of the molecule is C=C(C)C(=O)Oc1ccc2c(c1)sc1c(OC(F)(F)F)c(OC(=O)CC)ccc12. The van der Waals surface area contributed by atoms with E-state index in [-0.39, 0.29) is 28.2 Å². The number of hydrogen-bond acceptors (Lipinski definition) is 6. The zero-order chi connectivity index (χ0) is 21.3. The molecule has 0 saturated carbocycles. The van der Waals surface area contributed by atoms with Crippen LogP contribution in [-0.4, -0.2) is 18.3 Å². The minimum absolute atomic E-state index is 0.00659. The summed E-state index contributed by atoms with van der Waals surface area (Å²) < 4.78 is 54.0. The standard InChI is InChI=1S/C20H15F3O5S/c1-4-16(24)27-14-8-7-13-12-6-5-11(26-19(25)10(2)3)9-15(12)29-18(13)17(14)28-20(21,22)23/h5-9H,2,4H2,1,3H3. The van der Waals surface area contributed by atoms with Gasteiger partial charge in [0.25, 0.3) is 0 Å². The molecule has 3 aromatic rings. The van der Waals surface area contributed by atoms with Crippen LogP contribution in [0.15, 0.2) is 42.5 Å². The molecule has 0 bridgehead atoms. The number of carbonyl (C=O) groups excluding carboxylic acids is 2. The minimum Gasteiger partial charge on any atom is -0.423 e. The van der Waals surface area contributed by atoms with Crippen LogP contribution >= 0.6 is 11.3 Å². The Balaban J connectivity index is 2.15. The molecule has 0 fully saturated rings. The van der Waals surface area contributed by atoms with Gasteiger partial charge in [-0.1, -0.05) is 13.5 Å². The average molecular weight is 424 g/mol. The van der Waals surface area contributed by atoms with Gasteiger partial charge in [-0.25, -0.2) is 4.79 Å². The van der Waals surface area contributed by atoms with Crippen molar-refractivity contribution in [3.63, 3.8) is 0 Å². The van der Waals surface area contributed by atoms with E-state index in [1.54, 1.807) is 12.1 Å². The lowest BCUT2D eigenvalue weighted by Crippen LogP contribution is -2.18. The number of thiophene rings is 1. The summed E-state index contributed by atoms with van der Waals surface area (Å²) in [5, 5.41) is 1.12. The van der Waals surface area contributed by atoms with Crippen molar-refractivity contribution in [3.05, 3.63) is 42.5 Å². The van der Waals surface area contributed by atoms with Gasteiger partial charge in [-0.05, 0) is 37.3 Å². The summed E-state index contributed by atoms with van der Waals surface area (Å²) in [6.45, 7) is 6.52. The first-order valence-electron chi connectivity index (χ1n) is 8.42. The zero-order valence-corrected chi connectivity index (χ0v) is 16.2. The van der Waals surface area contributed by atoms with Crippen LogP contribution in [0.4, 0.5) is 13.2 Å². The van der Waals surface area contributed by atoms with Crippen molar-refractivity contribution in [1.82, 2.24) is 0 Å². The van der Waals surface area contributed by atoms with Crippen LogP contribution in [0.2, 0.25) is 0 Å². The first-order valence-corrected chi connectivity index (χ1v) is 9.24. The number of benzene rings is 2. The summed E-state index contributed by atoms with van der Waals surface area (Å²) in [4.78, 5) is 23.3. The molecule has 1 aromatic heterocycles. The van der Waals surface area contributed by atoms with Gasteiger partial charge >= 0.3 is 18.3 Å². The van der Waals surface area contributed by atoms with Gasteiger partial charge in [-0.2, -0.15) is 0 Å². The molecule has 0 radical (unpaired) electrons. The summed E-state index contributed by atoms with van der Waals surface area (Å²) in [6.07, 6.45) is -4.98. The van der Waals surface area contributed by atoms with Crippen LogP contribution in [0.5, 0.6) is 17.2 Å². The maximum Gasteiger partial charge on any atom is 0.573 e. The Bertz CT molecular complexity index is 1130. The first-order chi connectivity index (χ1) is 13.6. The van der Waals surface area contributed by atoms with E-state index in [2.05, 4.69) is 11.3 Å². The molecule has 3 rings (SSSR count). The molecule has 2 aromatic carbocycles. The lowest BCUT2D eigenvalue weighted by Gasteiger charge is -2.13. The van der Waals surface area contributed by atoms with Crippen molar-refractivity contribution in [3.8, 4) is 17.2 Å². The molecule has 0 unspecified atom stereocenters. The second-order valence-corrected chi connectivity index (χ2v) is 7.13. The second kappa shape index (κ2) is 7.75. The Morgan fingerprint density at radius 2 is 1.79 bits per heavy atom. The number of fused-ring (bicyclic) bond motifs is 3. The van der Waals surface area contributed by atoms with Crippen molar-refractivity contribution in [2.75, 3.05) is 0 Å². The predicted molar refractivity (Wildman–Crippen MR) is 102 cm³/mol. The maximum atomic E-state index is 13.0. The molecule has 0 spiro atoms.